The second kappa shape index (κ2) is 4.97. The van der Waals surface area contributed by atoms with Gasteiger partial charge in [0.25, 0.3) is 5.56 Å². The second-order valence-corrected chi connectivity index (χ2v) is 4.74. The summed E-state index contributed by atoms with van der Waals surface area (Å²) in [5.41, 5.74) is 1.29. The minimum atomic E-state index is -0.123. The maximum atomic E-state index is 11.9. The molecule has 0 aliphatic rings. The molecule has 0 aliphatic carbocycles. The average molecular weight is 285 g/mol. The number of hydrogen-bond donors (Lipinski definition) is 1. The number of nitrogens with zero attached hydrogens (tertiary/aromatic N) is 6. The minimum absolute atomic E-state index is 0.123. The van der Waals surface area contributed by atoms with E-state index in [-0.39, 0.29) is 12.1 Å². The summed E-state index contributed by atoms with van der Waals surface area (Å²) in [6.45, 7) is 2.05. The smallest absolute Gasteiger partial charge is 0.253 e. The molecule has 3 heterocycles. The van der Waals surface area contributed by atoms with E-state index in [1.165, 1.54) is 17.0 Å². The number of aryl methyl sites for hydroxylation is 2. The molecule has 0 radical (unpaired) electrons. The lowest BCUT2D eigenvalue weighted by atomic mass is 10.3. The Morgan fingerprint density at radius 2 is 2.14 bits per heavy atom. The van der Waals surface area contributed by atoms with Crippen LogP contribution in [0.15, 0.2) is 23.4 Å². The highest BCUT2D eigenvalue weighted by molar-refractivity contribution is 5.86. The number of nitrogens with one attached hydrogen (secondary N) is 1. The van der Waals surface area contributed by atoms with Crippen LogP contribution in [0.5, 0.6) is 0 Å². The van der Waals surface area contributed by atoms with E-state index in [0.29, 0.717) is 17.3 Å². The predicted molar refractivity (Wildman–Crippen MR) is 78.2 cm³/mol. The predicted octanol–water partition coefficient (Wildman–Crippen LogP) is 0.318. The molecule has 8 heteroatoms. The summed E-state index contributed by atoms with van der Waals surface area (Å²) in [5.74, 6) is 1.22. The van der Waals surface area contributed by atoms with Crippen molar-refractivity contribution in [1.29, 1.82) is 0 Å². The molecule has 3 rings (SSSR count). The number of hydrogen-bond acceptors (Lipinski definition) is 6. The third kappa shape index (κ3) is 2.35. The molecular formula is C13H15N7O. The van der Waals surface area contributed by atoms with Crippen molar-refractivity contribution >= 4 is 16.9 Å². The molecule has 0 saturated carbocycles. The van der Waals surface area contributed by atoms with E-state index in [2.05, 4.69) is 25.4 Å². The van der Waals surface area contributed by atoms with Crippen LogP contribution in [0.4, 0.5) is 5.82 Å². The fourth-order valence-corrected chi connectivity index (χ4v) is 2.12. The van der Waals surface area contributed by atoms with Crippen LogP contribution in [0, 0.1) is 6.92 Å². The molecule has 0 aliphatic heterocycles. The van der Waals surface area contributed by atoms with E-state index < -0.39 is 0 Å². The summed E-state index contributed by atoms with van der Waals surface area (Å²) in [6.07, 6.45) is 3.22. The molecule has 21 heavy (non-hydrogen) atoms. The molecule has 3 aromatic rings. The van der Waals surface area contributed by atoms with Crippen LogP contribution < -0.4 is 10.9 Å². The zero-order valence-corrected chi connectivity index (χ0v) is 12.0. The van der Waals surface area contributed by atoms with Gasteiger partial charge >= 0.3 is 0 Å². The number of fused-ring (bicyclic) bond motifs is 1. The van der Waals surface area contributed by atoms with Gasteiger partial charge in [0.1, 0.15) is 5.82 Å². The van der Waals surface area contributed by atoms with Crippen molar-refractivity contribution in [2.24, 2.45) is 7.05 Å². The molecule has 0 atom stereocenters. The first kappa shape index (κ1) is 13.2. The lowest BCUT2D eigenvalue weighted by Crippen LogP contribution is -2.22. The van der Waals surface area contributed by atoms with Gasteiger partial charge in [0.05, 0.1) is 24.5 Å². The molecule has 0 saturated heterocycles. The molecule has 1 N–H and O–H groups in total. The Morgan fingerprint density at radius 3 is 2.86 bits per heavy atom. The highest BCUT2D eigenvalue weighted by Gasteiger charge is 2.11. The summed E-state index contributed by atoms with van der Waals surface area (Å²) in [7, 11) is 3.61. The molecule has 8 nitrogen and oxygen atoms in total. The molecule has 0 aromatic carbocycles. The second-order valence-electron chi connectivity index (χ2n) is 4.74. The molecule has 108 valence electrons. The Kier molecular flexibility index (Phi) is 3.13. The first-order valence-corrected chi connectivity index (χ1v) is 6.48. The van der Waals surface area contributed by atoms with Crippen LogP contribution >= 0.6 is 0 Å². The Labute approximate surface area is 120 Å². The van der Waals surface area contributed by atoms with Crippen molar-refractivity contribution in [2.75, 3.05) is 12.4 Å². The minimum Gasteiger partial charge on any atom is -0.372 e. The summed E-state index contributed by atoms with van der Waals surface area (Å²) in [6, 6.07) is 1.49. The van der Waals surface area contributed by atoms with E-state index in [0.717, 1.165) is 11.0 Å². The summed E-state index contributed by atoms with van der Waals surface area (Å²) >= 11 is 0. The molecule has 0 bridgehead atoms. The van der Waals surface area contributed by atoms with E-state index in [1.54, 1.807) is 24.9 Å². The fourth-order valence-electron chi connectivity index (χ4n) is 2.12. The number of anilines is 1. The normalized spacial score (nSPS) is 11.0. The highest BCUT2D eigenvalue weighted by atomic mass is 16.1. The van der Waals surface area contributed by atoms with Crippen LogP contribution in [0.2, 0.25) is 0 Å². The van der Waals surface area contributed by atoms with Gasteiger partial charge in [-0.05, 0) is 6.92 Å². The van der Waals surface area contributed by atoms with Gasteiger partial charge in [-0.3, -0.25) is 14.0 Å². The Hall–Kier alpha value is -2.77. The molecule has 0 spiro atoms. The molecule has 0 amide bonds. The first-order valence-electron chi connectivity index (χ1n) is 6.48. The maximum absolute atomic E-state index is 11.9. The van der Waals surface area contributed by atoms with Gasteiger partial charge in [0.2, 0.25) is 0 Å². The van der Waals surface area contributed by atoms with Crippen LogP contribution in [0.1, 0.15) is 11.5 Å². The van der Waals surface area contributed by atoms with Gasteiger partial charge in [-0.25, -0.2) is 15.0 Å². The van der Waals surface area contributed by atoms with Gasteiger partial charge in [0, 0.05) is 25.9 Å². The van der Waals surface area contributed by atoms with E-state index >= 15 is 0 Å². The van der Waals surface area contributed by atoms with Crippen LogP contribution in [0.3, 0.4) is 0 Å². The molecule has 3 aromatic heterocycles. The number of rotatable bonds is 3. The third-order valence-corrected chi connectivity index (χ3v) is 3.20. The molecular weight excluding hydrogens is 270 g/mol. The quantitative estimate of drug-likeness (QED) is 0.745. The number of aromatic nitrogens is 6. The first-order chi connectivity index (χ1) is 10.1. The van der Waals surface area contributed by atoms with Crippen molar-refractivity contribution in [2.45, 2.75) is 13.5 Å². The summed E-state index contributed by atoms with van der Waals surface area (Å²) in [5, 5.41) is 8.05. The Morgan fingerprint density at radius 1 is 1.33 bits per heavy atom. The average Bonchev–Trinajstić information content (AvgIpc) is 2.83. The lowest BCUT2D eigenvalue weighted by molar-refractivity contribution is 0.692. The van der Waals surface area contributed by atoms with E-state index in [4.69, 9.17) is 0 Å². The van der Waals surface area contributed by atoms with E-state index in [9.17, 15) is 4.79 Å². The lowest BCUT2D eigenvalue weighted by Gasteiger charge is -2.07. The van der Waals surface area contributed by atoms with Crippen molar-refractivity contribution in [3.05, 3.63) is 40.5 Å². The summed E-state index contributed by atoms with van der Waals surface area (Å²) < 4.78 is 3.15. The zero-order valence-electron chi connectivity index (χ0n) is 12.0. The fraction of sp³-hybridized carbons (Fsp3) is 0.308. The SMILES string of the molecule is CNc1nc(Cn2cnc(C)cc2=O)nc2c1cnn2C. The maximum Gasteiger partial charge on any atom is 0.253 e. The van der Waals surface area contributed by atoms with Crippen molar-refractivity contribution in [3.63, 3.8) is 0 Å². The van der Waals surface area contributed by atoms with Crippen molar-refractivity contribution < 1.29 is 0 Å². The van der Waals surface area contributed by atoms with Crippen molar-refractivity contribution in [1.82, 2.24) is 29.3 Å². The van der Waals surface area contributed by atoms with Crippen LogP contribution in [-0.4, -0.2) is 36.3 Å². The van der Waals surface area contributed by atoms with Gasteiger partial charge in [-0.15, -0.1) is 0 Å². The van der Waals surface area contributed by atoms with Crippen molar-refractivity contribution in [3.8, 4) is 0 Å². The topological polar surface area (TPSA) is 90.5 Å². The molecule has 0 unspecified atom stereocenters. The van der Waals surface area contributed by atoms with Gasteiger partial charge in [0.15, 0.2) is 11.5 Å². The largest absolute Gasteiger partial charge is 0.372 e. The van der Waals surface area contributed by atoms with Gasteiger partial charge in [-0.1, -0.05) is 0 Å². The highest BCUT2D eigenvalue weighted by Crippen LogP contribution is 2.18. The van der Waals surface area contributed by atoms with Crippen LogP contribution in [-0.2, 0) is 13.6 Å². The van der Waals surface area contributed by atoms with Crippen LogP contribution in [0.25, 0.3) is 11.0 Å². The standard InChI is InChI=1S/C13H15N7O/c1-8-4-11(21)20(7-15-8)6-10-17-12(14-2)9-5-16-19(3)13(9)18-10/h4-5,7H,6H2,1-3H3,(H,14,17,18). The molecule has 0 fully saturated rings. The zero-order chi connectivity index (χ0) is 15.0. The Bertz CT molecular complexity index is 865. The Balaban J connectivity index is 2.08. The monoisotopic (exact) mass is 285 g/mol. The third-order valence-electron chi connectivity index (χ3n) is 3.20. The van der Waals surface area contributed by atoms with Gasteiger partial charge in [-0.2, -0.15) is 5.10 Å². The van der Waals surface area contributed by atoms with Gasteiger partial charge < -0.3 is 5.32 Å². The summed E-state index contributed by atoms with van der Waals surface area (Å²) in [4.78, 5) is 24.9. The van der Waals surface area contributed by atoms with E-state index in [1.807, 2.05) is 7.05 Å².